The zero-order valence-electron chi connectivity index (χ0n) is 7.14. The van der Waals surface area contributed by atoms with Crippen molar-refractivity contribution in [2.45, 2.75) is 6.04 Å². The second-order valence-electron chi connectivity index (χ2n) is 2.68. The summed E-state index contributed by atoms with van der Waals surface area (Å²) in [6.45, 7) is 0. The van der Waals surface area contributed by atoms with Gasteiger partial charge >= 0.3 is 0 Å². The third-order valence-electron chi connectivity index (χ3n) is 1.80. The molecule has 0 aromatic carbocycles. The minimum Gasteiger partial charge on any atom is -0.448 e. The number of furan rings is 1. The van der Waals surface area contributed by atoms with Gasteiger partial charge in [0.2, 0.25) is 0 Å². The van der Waals surface area contributed by atoms with E-state index in [9.17, 15) is 0 Å². The van der Waals surface area contributed by atoms with Crippen LogP contribution >= 0.6 is 35.3 Å². The van der Waals surface area contributed by atoms with Crippen molar-refractivity contribution < 1.29 is 4.42 Å². The molecule has 0 saturated heterocycles. The van der Waals surface area contributed by atoms with E-state index < -0.39 is 0 Å². The lowest BCUT2D eigenvalue weighted by Crippen LogP contribution is -2.09. The molecule has 2 aromatic rings. The molecule has 0 amide bonds. The number of hydrogen-bond donors (Lipinski definition) is 1. The number of thiophene rings is 1. The highest BCUT2D eigenvalue weighted by Gasteiger charge is 2.12. The Labute approximate surface area is 97.1 Å². The van der Waals surface area contributed by atoms with Crippen LogP contribution in [0.25, 0.3) is 0 Å². The van der Waals surface area contributed by atoms with Crippen molar-refractivity contribution in [1.82, 2.24) is 0 Å². The average Bonchev–Trinajstić information content (AvgIpc) is 2.72. The number of rotatable bonds is 2. The van der Waals surface area contributed by atoms with E-state index in [2.05, 4.69) is 0 Å². The Morgan fingerprint density at radius 1 is 1.36 bits per heavy atom. The molecule has 2 rings (SSSR count). The van der Waals surface area contributed by atoms with Crippen LogP contribution in [0, 0.1) is 0 Å². The second-order valence-corrected chi connectivity index (χ2v) is 3.83. The summed E-state index contributed by atoms with van der Waals surface area (Å²) in [6.07, 6.45) is 0. The third kappa shape index (κ3) is 2.30. The molecule has 2 heterocycles. The highest BCUT2D eigenvalue weighted by atomic mass is 35.5. The maximum atomic E-state index is 5.93. The lowest BCUT2D eigenvalue weighted by Gasteiger charge is -2.04. The maximum Gasteiger partial charge on any atom is 0.193 e. The molecular formula is C9H9Cl2NOS. The summed E-state index contributed by atoms with van der Waals surface area (Å²) < 4.78 is 5.21. The van der Waals surface area contributed by atoms with Crippen LogP contribution in [0.2, 0.25) is 5.22 Å². The molecule has 0 aliphatic heterocycles. The van der Waals surface area contributed by atoms with Gasteiger partial charge in [-0.3, -0.25) is 0 Å². The summed E-state index contributed by atoms with van der Waals surface area (Å²) in [6, 6.07) is 5.26. The van der Waals surface area contributed by atoms with Crippen LogP contribution in [-0.4, -0.2) is 0 Å². The zero-order chi connectivity index (χ0) is 9.26. The normalized spacial score (nSPS) is 12.1. The Hall–Kier alpha value is -0.480. The number of nitrogens with two attached hydrogens (primary N) is 1. The Bertz CT molecular complexity index is 385. The second kappa shape index (κ2) is 4.84. The molecule has 14 heavy (non-hydrogen) atoms. The van der Waals surface area contributed by atoms with Gasteiger partial charge in [-0.05, 0) is 46.1 Å². The van der Waals surface area contributed by atoms with E-state index in [1.165, 1.54) is 0 Å². The summed E-state index contributed by atoms with van der Waals surface area (Å²) in [5.41, 5.74) is 6.98. The Kier molecular flexibility index (Phi) is 4.01. The predicted molar refractivity (Wildman–Crippen MR) is 61.3 cm³/mol. The smallest absolute Gasteiger partial charge is 0.193 e. The molecule has 0 aliphatic carbocycles. The van der Waals surface area contributed by atoms with Crippen LogP contribution in [0.4, 0.5) is 0 Å². The molecule has 76 valence electrons. The molecule has 0 saturated carbocycles. The van der Waals surface area contributed by atoms with E-state index in [0.29, 0.717) is 11.0 Å². The van der Waals surface area contributed by atoms with Gasteiger partial charge in [0.25, 0.3) is 0 Å². The van der Waals surface area contributed by atoms with Crippen LogP contribution in [-0.2, 0) is 0 Å². The summed E-state index contributed by atoms with van der Waals surface area (Å²) in [5.74, 6) is 0.698. The minimum absolute atomic E-state index is 0. The largest absolute Gasteiger partial charge is 0.448 e. The first-order valence-corrected chi connectivity index (χ1v) is 5.12. The van der Waals surface area contributed by atoms with Crippen molar-refractivity contribution in [1.29, 1.82) is 0 Å². The van der Waals surface area contributed by atoms with Gasteiger partial charge < -0.3 is 10.2 Å². The first-order valence-electron chi connectivity index (χ1n) is 3.80. The molecule has 0 bridgehead atoms. The highest BCUT2D eigenvalue weighted by molar-refractivity contribution is 7.08. The van der Waals surface area contributed by atoms with Gasteiger partial charge in [-0.2, -0.15) is 11.3 Å². The first-order chi connectivity index (χ1) is 6.27. The fraction of sp³-hybridized carbons (Fsp3) is 0.111. The Balaban J connectivity index is 0.000000980. The number of hydrogen-bond acceptors (Lipinski definition) is 3. The van der Waals surface area contributed by atoms with E-state index in [0.717, 1.165) is 5.56 Å². The van der Waals surface area contributed by atoms with Crippen LogP contribution in [0.3, 0.4) is 0 Å². The molecule has 2 N–H and O–H groups in total. The average molecular weight is 250 g/mol. The van der Waals surface area contributed by atoms with Crippen LogP contribution < -0.4 is 5.73 Å². The fourth-order valence-electron chi connectivity index (χ4n) is 1.11. The standard InChI is InChI=1S/C9H8ClNOS.ClH/c10-8-2-1-7(12-8)9(11)6-3-4-13-5-6;/h1-5,9H,11H2;1H/t9-;/m0./s1. The lowest BCUT2D eigenvalue weighted by atomic mass is 10.1. The molecule has 0 radical (unpaired) electrons. The molecule has 2 nitrogen and oxygen atoms in total. The number of halogens is 2. The van der Waals surface area contributed by atoms with Crippen molar-refractivity contribution in [3.63, 3.8) is 0 Å². The molecular weight excluding hydrogens is 241 g/mol. The van der Waals surface area contributed by atoms with Gasteiger partial charge in [0.1, 0.15) is 5.76 Å². The SMILES string of the molecule is Cl.N[C@@H](c1ccsc1)c1ccc(Cl)o1. The van der Waals surface area contributed by atoms with Crippen LogP contribution in [0.1, 0.15) is 17.4 Å². The van der Waals surface area contributed by atoms with E-state index in [1.54, 1.807) is 23.5 Å². The molecule has 2 aromatic heterocycles. The van der Waals surface area contributed by atoms with Crippen molar-refractivity contribution in [2.75, 3.05) is 0 Å². The van der Waals surface area contributed by atoms with Gasteiger partial charge in [-0.25, -0.2) is 0 Å². The van der Waals surface area contributed by atoms with Gasteiger partial charge in [-0.1, -0.05) is 0 Å². The summed E-state index contributed by atoms with van der Waals surface area (Å²) in [5, 5.41) is 4.36. The van der Waals surface area contributed by atoms with Gasteiger partial charge in [-0.15, -0.1) is 12.4 Å². The molecule has 0 unspecified atom stereocenters. The first kappa shape index (κ1) is 11.6. The quantitative estimate of drug-likeness (QED) is 0.886. The fourth-order valence-corrected chi connectivity index (χ4v) is 1.96. The predicted octanol–water partition coefficient (Wildman–Crippen LogP) is 3.46. The molecule has 1 atom stereocenters. The van der Waals surface area contributed by atoms with E-state index in [1.807, 2.05) is 16.8 Å². The molecule has 0 spiro atoms. The molecule has 0 aliphatic rings. The van der Waals surface area contributed by atoms with Crippen LogP contribution in [0.15, 0.2) is 33.4 Å². The molecule has 5 heteroatoms. The van der Waals surface area contributed by atoms with E-state index in [4.69, 9.17) is 21.8 Å². The van der Waals surface area contributed by atoms with Crippen molar-refractivity contribution in [3.8, 4) is 0 Å². The summed E-state index contributed by atoms with van der Waals surface area (Å²) >= 11 is 7.26. The minimum atomic E-state index is -0.209. The topological polar surface area (TPSA) is 39.2 Å². The van der Waals surface area contributed by atoms with Crippen molar-refractivity contribution in [3.05, 3.63) is 45.5 Å². The van der Waals surface area contributed by atoms with Crippen molar-refractivity contribution >= 4 is 35.3 Å². The highest BCUT2D eigenvalue weighted by Crippen LogP contribution is 2.24. The van der Waals surface area contributed by atoms with Crippen molar-refractivity contribution in [2.24, 2.45) is 5.73 Å². The Morgan fingerprint density at radius 3 is 2.64 bits per heavy atom. The molecule has 0 fully saturated rings. The summed E-state index contributed by atoms with van der Waals surface area (Å²) in [7, 11) is 0. The van der Waals surface area contributed by atoms with E-state index >= 15 is 0 Å². The Morgan fingerprint density at radius 2 is 2.14 bits per heavy atom. The van der Waals surface area contributed by atoms with Crippen LogP contribution in [0.5, 0.6) is 0 Å². The zero-order valence-corrected chi connectivity index (χ0v) is 9.53. The lowest BCUT2D eigenvalue weighted by molar-refractivity contribution is 0.492. The monoisotopic (exact) mass is 249 g/mol. The van der Waals surface area contributed by atoms with Gasteiger partial charge in [0, 0.05) is 0 Å². The maximum absolute atomic E-state index is 5.93. The van der Waals surface area contributed by atoms with Gasteiger partial charge in [0.15, 0.2) is 5.22 Å². The summed E-state index contributed by atoms with van der Waals surface area (Å²) in [4.78, 5) is 0. The van der Waals surface area contributed by atoms with Gasteiger partial charge in [0.05, 0.1) is 6.04 Å². The van der Waals surface area contributed by atoms with E-state index in [-0.39, 0.29) is 18.4 Å². The third-order valence-corrected chi connectivity index (χ3v) is 2.71.